The molecule has 3 aromatic heterocycles. The monoisotopic (exact) mass is 513 g/mol. The van der Waals surface area contributed by atoms with Gasteiger partial charge in [-0.3, -0.25) is 30.5 Å². The molecule has 10 nitrogen and oxygen atoms in total. The van der Waals surface area contributed by atoms with E-state index < -0.39 is 0 Å². The van der Waals surface area contributed by atoms with Crippen LogP contribution in [0, 0.1) is 5.41 Å². The molecule has 0 atom stereocenters. The SMILES string of the molecule is N=C1c2c(C(=O)NN3CCOCC3)cccc2-c2n[nH]c(-c3sc(Cc4ccccn4)cc3NC=O)c21. The van der Waals surface area contributed by atoms with Crippen LogP contribution in [-0.4, -0.2) is 64.5 Å². The van der Waals surface area contributed by atoms with Crippen molar-refractivity contribution >= 4 is 35.1 Å². The number of hydrazine groups is 1. The minimum Gasteiger partial charge on any atom is -0.379 e. The summed E-state index contributed by atoms with van der Waals surface area (Å²) in [5.74, 6) is -0.267. The van der Waals surface area contributed by atoms with Gasteiger partial charge >= 0.3 is 0 Å². The number of nitrogens with one attached hydrogen (secondary N) is 4. The number of fused-ring (bicyclic) bond motifs is 3. The molecule has 1 fully saturated rings. The molecule has 186 valence electrons. The molecule has 2 aliphatic rings. The fraction of sp³-hybridized carbons (Fsp3) is 0.192. The van der Waals surface area contributed by atoms with Gasteiger partial charge in [0, 0.05) is 47.4 Å². The first kappa shape index (κ1) is 23.2. The second kappa shape index (κ2) is 9.69. The zero-order valence-electron chi connectivity index (χ0n) is 19.7. The summed E-state index contributed by atoms with van der Waals surface area (Å²) in [6.07, 6.45) is 3.00. The first-order chi connectivity index (χ1) is 18.1. The number of ether oxygens (including phenoxy) is 1. The van der Waals surface area contributed by atoms with Crippen LogP contribution in [-0.2, 0) is 16.0 Å². The Balaban J connectivity index is 1.35. The predicted molar refractivity (Wildman–Crippen MR) is 140 cm³/mol. The lowest BCUT2D eigenvalue weighted by Crippen LogP contribution is -2.48. The first-order valence-corrected chi connectivity index (χ1v) is 12.6. The summed E-state index contributed by atoms with van der Waals surface area (Å²) in [5.41, 5.74) is 8.28. The molecule has 4 N–H and O–H groups in total. The van der Waals surface area contributed by atoms with Crippen molar-refractivity contribution in [2.45, 2.75) is 6.42 Å². The first-order valence-electron chi connectivity index (χ1n) is 11.8. The number of aromatic nitrogens is 3. The van der Waals surface area contributed by atoms with Gasteiger partial charge in [-0.15, -0.1) is 11.3 Å². The second-order valence-electron chi connectivity index (χ2n) is 8.68. The number of aromatic amines is 1. The summed E-state index contributed by atoms with van der Waals surface area (Å²) < 4.78 is 5.36. The molecule has 4 aromatic rings. The van der Waals surface area contributed by atoms with Crippen LogP contribution in [0.25, 0.3) is 21.8 Å². The van der Waals surface area contributed by atoms with Gasteiger partial charge in [-0.2, -0.15) is 5.10 Å². The number of hydrogen-bond donors (Lipinski definition) is 4. The fourth-order valence-corrected chi connectivity index (χ4v) is 5.86. The summed E-state index contributed by atoms with van der Waals surface area (Å²) in [4.78, 5) is 30.7. The molecular formula is C26H23N7O3S. The Morgan fingerprint density at radius 1 is 1.19 bits per heavy atom. The van der Waals surface area contributed by atoms with Crippen LogP contribution in [0.3, 0.4) is 0 Å². The van der Waals surface area contributed by atoms with Crippen LogP contribution < -0.4 is 10.7 Å². The number of benzene rings is 1. The Labute approximate surface area is 216 Å². The molecule has 37 heavy (non-hydrogen) atoms. The number of amides is 2. The number of carbonyl (C=O) groups excluding carboxylic acids is 2. The van der Waals surface area contributed by atoms with Crippen molar-refractivity contribution in [2.24, 2.45) is 0 Å². The van der Waals surface area contributed by atoms with E-state index in [2.05, 4.69) is 25.9 Å². The van der Waals surface area contributed by atoms with Gasteiger partial charge in [0.2, 0.25) is 6.41 Å². The summed E-state index contributed by atoms with van der Waals surface area (Å²) >= 11 is 1.51. The third-order valence-electron chi connectivity index (χ3n) is 6.41. The van der Waals surface area contributed by atoms with E-state index >= 15 is 0 Å². The van der Waals surface area contributed by atoms with Crippen molar-refractivity contribution in [2.75, 3.05) is 31.6 Å². The predicted octanol–water partition coefficient (Wildman–Crippen LogP) is 3.07. The Kier molecular flexibility index (Phi) is 6.08. The molecule has 2 amide bonds. The summed E-state index contributed by atoms with van der Waals surface area (Å²) in [7, 11) is 0. The van der Waals surface area contributed by atoms with Gasteiger partial charge in [0.25, 0.3) is 5.91 Å². The number of nitrogens with zero attached hydrogens (tertiary/aromatic N) is 3. The number of morpholine rings is 1. The summed E-state index contributed by atoms with van der Waals surface area (Å²) in [6, 6.07) is 13.1. The zero-order chi connectivity index (χ0) is 25.4. The molecule has 11 heteroatoms. The van der Waals surface area contributed by atoms with Crippen molar-refractivity contribution in [1.82, 2.24) is 25.6 Å². The van der Waals surface area contributed by atoms with Gasteiger partial charge in [-0.25, -0.2) is 5.01 Å². The van der Waals surface area contributed by atoms with E-state index in [0.717, 1.165) is 21.0 Å². The number of anilines is 1. The smallest absolute Gasteiger partial charge is 0.266 e. The highest BCUT2D eigenvalue weighted by molar-refractivity contribution is 7.16. The molecule has 4 heterocycles. The lowest BCUT2D eigenvalue weighted by molar-refractivity contribution is -0.105. The Morgan fingerprint density at radius 2 is 2.05 bits per heavy atom. The van der Waals surface area contributed by atoms with Crippen LogP contribution in [0.4, 0.5) is 5.69 Å². The lowest BCUT2D eigenvalue weighted by atomic mass is 10.00. The van der Waals surface area contributed by atoms with Gasteiger partial charge in [0.1, 0.15) is 5.69 Å². The molecule has 0 unspecified atom stereocenters. The average molecular weight is 514 g/mol. The number of H-pyrrole nitrogens is 1. The van der Waals surface area contributed by atoms with Crippen molar-refractivity contribution in [1.29, 1.82) is 5.41 Å². The van der Waals surface area contributed by atoms with E-state index in [0.29, 0.717) is 72.9 Å². The average Bonchev–Trinajstić information content (AvgIpc) is 3.60. The molecule has 0 bridgehead atoms. The highest BCUT2D eigenvalue weighted by Gasteiger charge is 2.35. The van der Waals surface area contributed by atoms with E-state index in [1.165, 1.54) is 11.3 Å². The standard InChI is InChI=1S/C26H23N7O3S/c27-22-20-17(5-3-6-18(20)26(35)32-33-8-10-36-11-9-33)23-21(22)24(31-30-23)25-19(29-14-34)13-16(37-25)12-15-4-1-2-7-28-15/h1-7,13-14,27H,8-12H2,(H,29,34)(H,30,31)(H,32,35). The molecule has 6 rings (SSSR count). The van der Waals surface area contributed by atoms with Crippen molar-refractivity contribution in [3.8, 4) is 21.8 Å². The minimum absolute atomic E-state index is 0.221. The van der Waals surface area contributed by atoms with Gasteiger partial charge in [-0.1, -0.05) is 18.2 Å². The van der Waals surface area contributed by atoms with Gasteiger partial charge in [-0.05, 0) is 24.3 Å². The third-order valence-corrected chi connectivity index (χ3v) is 7.56. The number of hydrogen-bond acceptors (Lipinski definition) is 8. The van der Waals surface area contributed by atoms with Crippen LogP contribution >= 0.6 is 11.3 Å². The molecular weight excluding hydrogens is 490 g/mol. The van der Waals surface area contributed by atoms with Crippen molar-refractivity contribution in [3.05, 3.63) is 75.9 Å². The Morgan fingerprint density at radius 3 is 2.84 bits per heavy atom. The minimum atomic E-state index is -0.267. The van der Waals surface area contributed by atoms with Gasteiger partial charge in [0.05, 0.1) is 46.3 Å². The van der Waals surface area contributed by atoms with E-state index in [1.54, 1.807) is 18.3 Å². The maximum atomic E-state index is 13.2. The molecule has 0 radical (unpaired) electrons. The third kappa shape index (κ3) is 4.22. The van der Waals surface area contributed by atoms with Crippen LogP contribution in [0.5, 0.6) is 0 Å². The van der Waals surface area contributed by atoms with Gasteiger partial charge < -0.3 is 10.1 Å². The molecule has 1 aromatic carbocycles. The normalized spacial score (nSPS) is 14.8. The van der Waals surface area contributed by atoms with E-state index in [9.17, 15) is 9.59 Å². The number of carbonyl (C=O) groups is 2. The number of thiophene rings is 1. The van der Waals surface area contributed by atoms with Crippen molar-refractivity contribution in [3.63, 3.8) is 0 Å². The molecule has 1 aliphatic heterocycles. The van der Waals surface area contributed by atoms with E-state index in [1.807, 2.05) is 35.3 Å². The second-order valence-corrected chi connectivity index (χ2v) is 9.82. The molecule has 0 spiro atoms. The maximum absolute atomic E-state index is 13.2. The number of rotatable bonds is 7. The van der Waals surface area contributed by atoms with Gasteiger partial charge in [0.15, 0.2) is 0 Å². The Hall–Kier alpha value is -4.19. The largest absolute Gasteiger partial charge is 0.379 e. The highest BCUT2D eigenvalue weighted by Crippen LogP contribution is 2.45. The van der Waals surface area contributed by atoms with E-state index in [-0.39, 0.29) is 11.6 Å². The maximum Gasteiger partial charge on any atom is 0.266 e. The lowest BCUT2D eigenvalue weighted by Gasteiger charge is -2.27. The topological polar surface area (TPSA) is 136 Å². The summed E-state index contributed by atoms with van der Waals surface area (Å²) in [6.45, 7) is 2.33. The summed E-state index contributed by atoms with van der Waals surface area (Å²) in [5, 5.41) is 21.3. The highest BCUT2D eigenvalue weighted by atomic mass is 32.1. The Bertz CT molecular complexity index is 1510. The fourth-order valence-electron chi connectivity index (χ4n) is 4.72. The van der Waals surface area contributed by atoms with Crippen LogP contribution in [0.2, 0.25) is 0 Å². The van der Waals surface area contributed by atoms with Crippen molar-refractivity contribution < 1.29 is 14.3 Å². The molecule has 1 saturated heterocycles. The zero-order valence-corrected chi connectivity index (χ0v) is 20.5. The number of pyridine rings is 1. The van der Waals surface area contributed by atoms with Crippen LogP contribution in [0.15, 0.2) is 48.7 Å². The van der Waals surface area contributed by atoms with E-state index in [4.69, 9.17) is 10.1 Å². The van der Waals surface area contributed by atoms with Crippen LogP contribution in [0.1, 0.15) is 32.1 Å². The molecule has 1 aliphatic carbocycles. The quantitative estimate of drug-likeness (QED) is 0.247. The molecule has 0 saturated carbocycles.